The van der Waals surface area contributed by atoms with E-state index >= 15 is 0 Å². The lowest BCUT2D eigenvalue weighted by molar-refractivity contribution is -0.153. The first-order chi connectivity index (χ1) is 7.77. The summed E-state index contributed by atoms with van der Waals surface area (Å²) in [5.41, 5.74) is 0. The minimum absolute atomic E-state index is 0.0358. The number of esters is 1. The van der Waals surface area contributed by atoms with Gasteiger partial charge in [0.1, 0.15) is 6.10 Å². The molecule has 1 rings (SSSR count). The SMILES string of the molecule is CCNCCC(=O)OC1CCCCC1CC. The van der Waals surface area contributed by atoms with E-state index in [-0.39, 0.29) is 12.1 Å². The zero-order chi connectivity index (χ0) is 11.8. The van der Waals surface area contributed by atoms with Crippen molar-refractivity contribution in [2.24, 2.45) is 5.92 Å². The van der Waals surface area contributed by atoms with Gasteiger partial charge >= 0.3 is 5.97 Å². The Hall–Kier alpha value is -0.570. The van der Waals surface area contributed by atoms with E-state index in [1.807, 2.05) is 6.92 Å². The third-order valence-corrected chi connectivity index (χ3v) is 3.40. The Morgan fingerprint density at radius 1 is 1.31 bits per heavy atom. The smallest absolute Gasteiger partial charge is 0.307 e. The lowest BCUT2D eigenvalue weighted by atomic mass is 9.85. The summed E-state index contributed by atoms with van der Waals surface area (Å²) in [5.74, 6) is 0.558. The molecule has 3 nitrogen and oxygen atoms in total. The van der Waals surface area contributed by atoms with Crippen LogP contribution < -0.4 is 5.32 Å². The van der Waals surface area contributed by atoms with Gasteiger partial charge in [0, 0.05) is 6.54 Å². The number of nitrogens with one attached hydrogen (secondary N) is 1. The highest BCUT2D eigenvalue weighted by atomic mass is 16.5. The Bertz CT molecular complexity index is 206. The molecule has 0 aromatic rings. The van der Waals surface area contributed by atoms with Crippen LogP contribution in [0.15, 0.2) is 0 Å². The van der Waals surface area contributed by atoms with Crippen molar-refractivity contribution in [1.82, 2.24) is 5.32 Å². The number of rotatable bonds is 6. The monoisotopic (exact) mass is 227 g/mol. The molecule has 0 amide bonds. The predicted octanol–water partition coefficient (Wildman–Crippen LogP) is 2.50. The fraction of sp³-hybridized carbons (Fsp3) is 0.923. The fourth-order valence-corrected chi connectivity index (χ4v) is 2.39. The quantitative estimate of drug-likeness (QED) is 0.559. The maximum Gasteiger partial charge on any atom is 0.307 e. The van der Waals surface area contributed by atoms with Crippen molar-refractivity contribution in [3.8, 4) is 0 Å². The van der Waals surface area contributed by atoms with E-state index in [9.17, 15) is 4.79 Å². The highest BCUT2D eigenvalue weighted by Crippen LogP contribution is 2.29. The average molecular weight is 227 g/mol. The lowest BCUT2D eigenvalue weighted by Gasteiger charge is -2.30. The first-order valence-corrected chi connectivity index (χ1v) is 6.68. The van der Waals surface area contributed by atoms with Gasteiger partial charge in [0.05, 0.1) is 6.42 Å². The van der Waals surface area contributed by atoms with Gasteiger partial charge in [-0.2, -0.15) is 0 Å². The Labute approximate surface area is 98.9 Å². The van der Waals surface area contributed by atoms with Crippen LogP contribution in [0.5, 0.6) is 0 Å². The van der Waals surface area contributed by atoms with Crippen LogP contribution in [0.2, 0.25) is 0 Å². The van der Waals surface area contributed by atoms with Crippen LogP contribution in [-0.2, 0) is 9.53 Å². The van der Waals surface area contributed by atoms with Crippen molar-refractivity contribution in [2.75, 3.05) is 13.1 Å². The first kappa shape index (κ1) is 13.5. The molecular weight excluding hydrogens is 202 g/mol. The van der Waals surface area contributed by atoms with Crippen LogP contribution >= 0.6 is 0 Å². The number of carbonyl (C=O) groups excluding carboxylic acids is 1. The molecule has 0 bridgehead atoms. The van der Waals surface area contributed by atoms with E-state index in [4.69, 9.17) is 4.74 Å². The standard InChI is InChI=1S/C13H25NO2/c1-3-11-7-5-6-8-12(11)16-13(15)9-10-14-4-2/h11-12,14H,3-10H2,1-2H3. The van der Waals surface area contributed by atoms with Crippen LogP contribution in [-0.4, -0.2) is 25.2 Å². The summed E-state index contributed by atoms with van der Waals surface area (Å²) in [4.78, 5) is 11.6. The second-order valence-corrected chi connectivity index (χ2v) is 4.58. The molecule has 0 saturated heterocycles. The molecule has 16 heavy (non-hydrogen) atoms. The molecule has 0 aromatic carbocycles. The van der Waals surface area contributed by atoms with Gasteiger partial charge in [-0.3, -0.25) is 4.79 Å². The van der Waals surface area contributed by atoms with Gasteiger partial charge in [0.15, 0.2) is 0 Å². The molecule has 0 heterocycles. The van der Waals surface area contributed by atoms with Crippen LogP contribution in [0.3, 0.4) is 0 Å². The summed E-state index contributed by atoms with van der Waals surface area (Å²) >= 11 is 0. The predicted molar refractivity (Wildman–Crippen MR) is 65.3 cm³/mol. The second kappa shape index (κ2) is 7.66. The van der Waals surface area contributed by atoms with E-state index in [1.165, 1.54) is 19.3 Å². The van der Waals surface area contributed by atoms with Crippen LogP contribution in [0.25, 0.3) is 0 Å². The van der Waals surface area contributed by atoms with E-state index in [0.29, 0.717) is 12.3 Å². The largest absolute Gasteiger partial charge is 0.462 e. The zero-order valence-electron chi connectivity index (χ0n) is 10.6. The van der Waals surface area contributed by atoms with Crippen molar-refractivity contribution < 1.29 is 9.53 Å². The van der Waals surface area contributed by atoms with Crippen molar-refractivity contribution >= 4 is 5.97 Å². The van der Waals surface area contributed by atoms with Crippen molar-refractivity contribution in [2.45, 2.75) is 58.5 Å². The molecule has 1 aliphatic rings. The maximum absolute atomic E-state index is 11.6. The van der Waals surface area contributed by atoms with Crippen molar-refractivity contribution in [1.29, 1.82) is 0 Å². The van der Waals surface area contributed by atoms with Gasteiger partial charge in [-0.1, -0.05) is 20.3 Å². The minimum Gasteiger partial charge on any atom is -0.462 e. The number of hydrogen-bond acceptors (Lipinski definition) is 3. The van der Waals surface area contributed by atoms with Gasteiger partial charge in [-0.25, -0.2) is 0 Å². The molecule has 2 unspecified atom stereocenters. The molecule has 94 valence electrons. The highest BCUT2D eigenvalue weighted by Gasteiger charge is 2.26. The van der Waals surface area contributed by atoms with Crippen LogP contribution in [0.1, 0.15) is 52.4 Å². The van der Waals surface area contributed by atoms with Crippen molar-refractivity contribution in [3.05, 3.63) is 0 Å². The van der Waals surface area contributed by atoms with Gasteiger partial charge < -0.3 is 10.1 Å². The lowest BCUT2D eigenvalue weighted by Crippen LogP contribution is -2.30. The molecule has 0 aromatic heterocycles. The highest BCUT2D eigenvalue weighted by molar-refractivity contribution is 5.69. The number of carbonyl (C=O) groups is 1. The molecule has 1 fully saturated rings. The molecule has 0 radical (unpaired) electrons. The molecule has 0 aliphatic heterocycles. The van der Waals surface area contributed by atoms with Gasteiger partial charge in [-0.05, 0) is 38.1 Å². The van der Waals surface area contributed by atoms with Crippen molar-refractivity contribution in [3.63, 3.8) is 0 Å². The Morgan fingerprint density at radius 2 is 2.06 bits per heavy atom. The summed E-state index contributed by atoms with van der Waals surface area (Å²) < 4.78 is 5.56. The average Bonchev–Trinajstić information content (AvgIpc) is 2.30. The normalized spacial score (nSPS) is 25.4. The van der Waals surface area contributed by atoms with Gasteiger partial charge in [0.25, 0.3) is 0 Å². The van der Waals surface area contributed by atoms with E-state index in [0.717, 1.165) is 25.9 Å². The second-order valence-electron chi connectivity index (χ2n) is 4.58. The molecule has 0 spiro atoms. The summed E-state index contributed by atoms with van der Waals surface area (Å²) in [5, 5.41) is 3.14. The van der Waals surface area contributed by atoms with E-state index < -0.39 is 0 Å². The van der Waals surface area contributed by atoms with Crippen LogP contribution in [0, 0.1) is 5.92 Å². The molecule has 1 aliphatic carbocycles. The number of ether oxygens (including phenoxy) is 1. The summed E-state index contributed by atoms with van der Waals surface area (Å²) in [6.45, 7) is 5.88. The first-order valence-electron chi connectivity index (χ1n) is 6.68. The summed E-state index contributed by atoms with van der Waals surface area (Å²) in [7, 11) is 0. The fourth-order valence-electron chi connectivity index (χ4n) is 2.39. The molecule has 1 N–H and O–H groups in total. The third-order valence-electron chi connectivity index (χ3n) is 3.40. The summed E-state index contributed by atoms with van der Waals surface area (Å²) in [6.07, 6.45) is 6.61. The molecule has 1 saturated carbocycles. The van der Waals surface area contributed by atoms with Gasteiger partial charge in [-0.15, -0.1) is 0 Å². The van der Waals surface area contributed by atoms with E-state index in [1.54, 1.807) is 0 Å². The zero-order valence-corrected chi connectivity index (χ0v) is 10.6. The molecular formula is C13H25NO2. The minimum atomic E-state index is -0.0358. The molecule has 3 heteroatoms. The maximum atomic E-state index is 11.6. The topological polar surface area (TPSA) is 38.3 Å². The Kier molecular flexibility index (Phi) is 6.46. The molecule has 2 atom stereocenters. The Balaban J connectivity index is 2.25. The van der Waals surface area contributed by atoms with E-state index in [2.05, 4.69) is 12.2 Å². The third kappa shape index (κ3) is 4.52. The number of hydrogen-bond donors (Lipinski definition) is 1. The van der Waals surface area contributed by atoms with Crippen LogP contribution in [0.4, 0.5) is 0 Å². The van der Waals surface area contributed by atoms with Gasteiger partial charge in [0.2, 0.25) is 0 Å². The summed E-state index contributed by atoms with van der Waals surface area (Å²) in [6, 6.07) is 0. The Morgan fingerprint density at radius 3 is 2.75 bits per heavy atom.